The third-order valence-corrected chi connectivity index (χ3v) is 7.08. The lowest BCUT2D eigenvalue weighted by atomic mass is 9.71. The molecule has 2 aromatic carbocycles. The highest BCUT2D eigenvalue weighted by atomic mass is 35.5. The minimum atomic E-state index is -2.53. The number of rotatable bonds is 7. The van der Waals surface area contributed by atoms with E-state index in [1.165, 1.54) is 13.0 Å². The van der Waals surface area contributed by atoms with Crippen LogP contribution in [0.15, 0.2) is 36.4 Å². The zero-order valence-corrected chi connectivity index (χ0v) is 18.8. The van der Waals surface area contributed by atoms with Crippen LogP contribution < -0.4 is 4.74 Å². The van der Waals surface area contributed by atoms with E-state index in [9.17, 15) is 24.6 Å². The number of carboxylic acids is 2. The number of ketones is 1. The van der Waals surface area contributed by atoms with E-state index < -0.39 is 23.0 Å². The van der Waals surface area contributed by atoms with Crippen LogP contribution in [0.4, 0.5) is 0 Å². The summed E-state index contributed by atoms with van der Waals surface area (Å²) in [5.41, 5.74) is -1.81. The number of ether oxygens (including phenoxy) is 1. The van der Waals surface area contributed by atoms with Crippen molar-refractivity contribution in [1.82, 2.24) is 0 Å². The summed E-state index contributed by atoms with van der Waals surface area (Å²) in [4.78, 5) is 37.1. The molecule has 0 radical (unpaired) electrons. The molecule has 0 aliphatic heterocycles. The Kier molecular flexibility index (Phi) is 6.09. The minimum absolute atomic E-state index is 0.0712. The maximum absolute atomic E-state index is 13.6. The molecule has 0 heterocycles. The average Bonchev–Trinajstić information content (AvgIpc) is 2.96. The Balaban J connectivity index is 2.22. The summed E-state index contributed by atoms with van der Waals surface area (Å²) >= 11 is 12.8. The molecular formula is C23H22Cl2O6. The molecule has 0 saturated heterocycles. The topological polar surface area (TPSA) is 101 Å². The van der Waals surface area contributed by atoms with Gasteiger partial charge in [0.2, 0.25) is 0 Å². The highest BCUT2D eigenvalue weighted by Gasteiger charge is 2.53. The van der Waals surface area contributed by atoms with Crippen molar-refractivity contribution in [1.29, 1.82) is 0 Å². The maximum Gasteiger partial charge on any atom is 0.360 e. The zero-order valence-electron chi connectivity index (χ0n) is 17.2. The van der Waals surface area contributed by atoms with Crippen LogP contribution in [-0.2, 0) is 15.0 Å². The number of carboxylic acid groups (broad SMARTS) is 2. The second kappa shape index (κ2) is 8.17. The van der Waals surface area contributed by atoms with Crippen LogP contribution in [0.2, 0.25) is 10.0 Å². The standard InChI is InChI=1S/C23H22Cl2O6/c1-4-14-13-11-15(31-23(5-2,20(27)28)21(29)30)17(24)18(25)16(13)19(26)22(14,3)12-9-7-6-8-10-12/h6-11,14H,4-5H2,1-3H3,(H,27,28)(H,29,30). The van der Waals surface area contributed by atoms with E-state index in [1.54, 1.807) is 0 Å². The van der Waals surface area contributed by atoms with Gasteiger partial charge in [0, 0.05) is 17.9 Å². The first-order valence-electron chi connectivity index (χ1n) is 9.84. The van der Waals surface area contributed by atoms with Crippen molar-refractivity contribution in [2.24, 2.45) is 0 Å². The molecule has 2 unspecified atom stereocenters. The van der Waals surface area contributed by atoms with Crippen LogP contribution >= 0.6 is 23.2 Å². The van der Waals surface area contributed by atoms with Gasteiger partial charge in [0.05, 0.1) is 10.4 Å². The van der Waals surface area contributed by atoms with E-state index >= 15 is 0 Å². The summed E-state index contributed by atoms with van der Waals surface area (Å²) in [6.07, 6.45) is 0.235. The van der Waals surface area contributed by atoms with E-state index in [0.717, 1.165) is 5.56 Å². The van der Waals surface area contributed by atoms with Gasteiger partial charge < -0.3 is 14.9 Å². The second-order valence-corrected chi connectivity index (χ2v) is 8.47. The molecule has 1 aliphatic rings. The van der Waals surface area contributed by atoms with Gasteiger partial charge in [0.15, 0.2) is 5.78 Å². The lowest BCUT2D eigenvalue weighted by molar-refractivity contribution is -0.172. The Morgan fingerprint density at radius 2 is 1.68 bits per heavy atom. The summed E-state index contributed by atoms with van der Waals surface area (Å²) in [5.74, 6) is -3.99. The first-order valence-corrected chi connectivity index (χ1v) is 10.6. The number of aliphatic carboxylic acids is 2. The smallest absolute Gasteiger partial charge is 0.360 e. The number of hydrogen-bond donors (Lipinski definition) is 2. The Hall–Kier alpha value is -2.57. The number of carbonyl (C=O) groups excluding carboxylic acids is 1. The fourth-order valence-corrected chi connectivity index (χ4v) is 4.89. The number of benzene rings is 2. The number of fused-ring (bicyclic) bond motifs is 1. The van der Waals surface area contributed by atoms with Crippen molar-refractivity contribution in [3.8, 4) is 5.75 Å². The summed E-state index contributed by atoms with van der Waals surface area (Å²) < 4.78 is 5.49. The Morgan fingerprint density at radius 1 is 1.10 bits per heavy atom. The van der Waals surface area contributed by atoms with Crippen LogP contribution in [0, 0.1) is 0 Å². The predicted molar refractivity (Wildman–Crippen MR) is 117 cm³/mol. The van der Waals surface area contributed by atoms with Crippen molar-refractivity contribution < 1.29 is 29.3 Å². The van der Waals surface area contributed by atoms with E-state index in [0.29, 0.717) is 12.0 Å². The van der Waals surface area contributed by atoms with Gasteiger partial charge >= 0.3 is 11.9 Å². The third-order valence-electron chi connectivity index (χ3n) is 6.23. The van der Waals surface area contributed by atoms with Gasteiger partial charge in [0.25, 0.3) is 5.60 Å². The van der Waals surface area contributed by atoms with Crippen LogP contribution in [-0.4, -0.2) is 33.5 Å². The molecule has 0 amide bonds. The van der Waals surface area contributed by atoms with Crippen LogP contribution in [0.5, 0.6) is 5.75 Å². The fourth-order valence-electron chi connectivity index (χ4n) is 4.42. The number of Topliss-reactive ketones (excluding diaryl/α,β-unsaturated/α-hetero) is 1. The van der Waals surface area contributed by atoms with E-state index in [1.807, 2.05) is 44.2 Å². The summed E-state index contributed by atoms with van der Waals surface area (Å²) in [7, 11) is 0. The monoisotopic (exact) mass is 464 g/mol. The Morgan fingerprint density at radius 3 is 2.16 bits per heavy atom. The normalized spacial score (nSPS) is 20.4. The Labute approximate surface area is 189 Å². The summed E-state index contributed by atoms with van der Waals surface area (Å²) in [5, 5.41) is 18.8. The minimum Gasteiger partial charge on any atom is -0.478 e. The number of hydrogen-bond acceptors (Lipinski definition) is 4. The van der Waals surface area contributed by atoms with Crippen molar-refractivity contribution >= 4 is 40.9 Å². The fraction of sp³-hybridized carbons (Fsp3) is 0.348. The van der Waals surface area contributed by atoms with Crippen molar-refractivity contribution in [2.45, 2.75) is 50.5 Å². The van der Waals surface area contributed by atoms with Crippen LogP contribution in [0.25, 0.3) is 0 Å². The molecule has 0 spiro atoms. The lowest BCUT2D eigenvalue weighted by Crippen LogP contribution is -2.51. The van der Waals surface area contributed by atoms with Crippen LogP contribution in [0.3, 0.4) is 0 Å². The van der Waals surface area contributed by atoms with Gasteiger partial charge in [-0.05, 0) is 30.5 Å². The quantitative estimate of drug-likeness (QED) is 0.536. The van der Waals surface area contributed by atoms with E-state index in [4.69, 9.17) is 27.9 Å². The molecule has 0 saturated carbocycles. The molecule has 8 heteroatoms. The maximum atomic E-state index is 13.6. The first-order chi connectivity index (χ1) is 14.6. The van der Waals surface area contributed by atoms with Crippen molar-refractivity contribution in [3.63, 3.8) is 0 Å². The molecule has 6 nitrogen and oxygen atoms in total. The largest absolute Gasteiger partial charge is 0.478 e. The molecular weight excluding hydrogens is 443 g/mol. The second-order valence-electron chi connectivity index (χ2n) is 7.72. The molecule has 2 N–H and O–H groups in total. The van der Waals surface area contributed by atoms with Crippen molar-refractivity contribution in [3.05, 3.63) is 63.1 Å². The van der Waals surface area contributed by atoms with Crippen molar-refractivity contribution in [2.75, 3.05) is 0 Å². The van der Waals surface area contributed by atoms with Crippen LogP contribution in [0.1, 0.15) is 61.0 Å². The Bertz CT molecular complexity index is 1050. The summed E-state index contributed by atoms with van der Waals surface area (Å²) in [6, 6.07) is 10.8. The molecule has 3 rings (SSSR count). The highest BCUT2D eigenvalue weighted by molar-refractivity contribution is 6.45. The van der Waals surface area contributed by atoms with Gasteiger partial charge in [-0.3, -0.25) is 4.79 Å². The highest BCUT2D eigenvalue weighted by Crippen LogP contribution is 2.55. The van der Waals surface area contributed by atoms with E-state index in [-0.39, 0.29) is 39.5 Å². The molecule has 1 aliphatic carbocycles. The van der Waals surface area contributed by atoms with Gasteiger partial charge in [-0.25, -0.2) is 9.59 Å². The van der Waals surface area contributed by atoms with Gasteiger partial charge in [-0.1, -0.05) is 67.4 Å². The predicted octanol–water partition coefficient (Wildman–Crippen LogP) is 5.34. The van der Waals surface area contributed by atoms with Gasteiger partial charge in [-0.15, -0.1) is 0 Å². The first kappa shape index (κ1) is 23.1. The molecule has 0 aromatic heterocycles. The molecule has 2 atom stereocenters. The SMILES string of the molecule is CCC1c2cc(OC(CC)(C(=O)O)C(=O)O)c(Cl)c(Cl)c2C(=O)C1(C)c1ccccc1. The number of carbonyl (C=O) groups is 3. The molecule has 2 aromatic rings. The van der Waals surface area contributed by atoms with Gasteiger partial charge in [0.1, 0.15) is 10.8 Å². The van der Waals surface area contributed by atoms with E-state index in [2.05, 4.69) is 0 Å². The zero-order chi connectivity index (χ0) is 23.1. The molecule has 164 valence electrons. The summed E-state index contributed by atoms with van der Waals surface area (Å²) in [6.45, 7) is 5.16. The number of halogens is 2. The molecule has 0 fully saturated rings. The molecule has 31 heavy (non-hydrogen) atoms. The lowest BCUT2D eigenvalue weighted by Gasteiger charge is -2.30. The van der Waals surface area contributed by atoms with Gasteiger partial charge in [-0.2, -0.15) is 0 Å². The average molecular weight is 465 g/mol. The third kappa shape index (κ3) is 3.29. The molecule has 0 bridgehead atoms.